The summed E-state index contributed by atoms with van der Waals surface area (Å²) in [7, 11) is -3.50. The van der Waals surface area contributed by atoms with Crippen molar-refractivity contribution < 1.29 is 18.3 Å². The van der Waals surface area contributed by atoms with Crippen LogP contribution in [0.2, 0.25) is 0 Å². The summed E-state index contributed by atoms with van der Waals surface area (Å²) in [6, 6.07) is 0. The molecule has 2 saturated heterocycles. The predicted octanol–water partition coefficient (Wildman–Crippen LogP) is 1.01. The van der Waals surface area contributed by atoms with Gasteiger partial charge in [0, 0.05) is 26.2 Å². The first-order valence-corrected chi connectivity index (χ1v) is 8.68. The molecule has 1 N–H and O–H groups in total. The molecule has 0 radical (unpaired) electrons. The highest BCUT2D eigenvalue weighted by Crippen LogP contribution is 2.27. The quantitative estimate of drug-likeness (QED) is 0.844. The number of carboxylic acid groups (broad SMARTS) is 1. The monoisotopic (exact) mass is 304 g/mol. The summed E-state index contributed by atoms with van der Waals surface area (Å²) in [5.41, 5.74) is 0. The van der Waals surface area contributed by atoms with E-state index in [-0.39, 0.29) is 12.5 Å². The fraction of sp³-hybridized carbons (Fsp3) is 0.923. The maximum absolute atomic E-state index is 12.6. The first-order valence-electron chi connectivity index (χ1n) is 7.28. The molecule has 2 rings (SSSR count). The Hall–Kier alpha value is -0.660. The van der Waals surface area contributed by atoms with Crippen molar-refractivity contribution in [3.05, 3.63) is 0 Å². The van der Waals surface area contributed by atoms with Gasteiger partial charge >= 0.3 is 5.97 Å². The molecule has 116 valence electrons. The van der Waals surface area contributed by atoms with Crippen molar-refractivity contribution >= 4 is 16.2 Å². The molecular formula is C13H24N2O4S. The van der Waals surface area contributed by atoms with Crippen LogP contribution in [-0.2, 0) is 15.0 Å². The molecule has 0 amide bonds. The lowest BCUT2D eigenvalue weighted by Gasteiger charge is -2.38. The minimum atomic E-state index is -3.50. The first-order chi connectivity index (χ1) is 9.30. The molecule has 2 fully saturated rings. The maximum atomic E-state index is 12.6. The van der Waals surface area contributed by atoms with E-state index in [1.807, 2.05) is 6.92 Å². The van der Waals surface area contributed by atoms with Crippen LogP contribution in [0.4, 0.5) is 0 Å². The van der Waals surface area contributed by atoms with Crippen LogP contribution in [0.25, 0.3) is 0 Å². The number of nitrogens with zero attached hydrogens (tertiary/aromatic N) is 2. The Bertz CT molecular complexity index is 457. The second-order valence-corrected chi connectivity index (χ2v) is 8.21. The van der Waals surface area contributed by atoms with Crippen molar-refractivity contribution in [2.75, 3.05) is 26.2 Å². The van der Waals surface area contributed by atoms with Gasteiger partial charge in [0.05, 0.1) is 5.92 Å². The highest BCUT2D eigenvalue weighted by Gasteiger charge is 2.39. The molecule has 0 spiro atoms. The van der Waals surface area contributed by atoms with Gasteiger partial charge in [0.2, 0.25) is 0 Å². The van der Waals surface area contributed by atoms with Gasteiger partial charge in [-0.1, -0.05) is 13.8 Å². The molecule has 0 saturated carbocycles. The molecule has 6 nitrogen and oxygen atoms in total. The predicted molar refractivity (Wildman–Crippen MR) is 75.4 cm³/mol. The third-order valence-corrected chi connectivity index (χ3v) is 6.34. The second kappa shape index (κ2) is 5.99. The Balaban J connectivity index is 2.10. The number of aliphatic carboxylic acids is 1. The number of hydrogen-bond acceptors (Lipinski definition) is 3. The van der Waals surface area contributed by atoms with Crippen LogP contribution in [0.1, 0.15) is 33.1 Å². The first kappa shape index (κ1) is 15.7. The van der Waals surface area contributed by atoms with Gasteiger partial charge < -0.3 is 5.11 Å². The molecular weight excluding hydrogens is 280 g/mol. The summed E-state index contributed by atoms with van der Waals surface area (Å²) < 4.78 is 28.1. The Morgan fingerprint density at radius 3 is 2.20 bits per heavy atom. The van der Waals surface area contributed by atoms with E-state index >= 15 is 0 Å². The number of carbonyl (C=O) groups is 1. The van der Waals surface area contributed by atoms with Gasteiger partial charge in [-0.15, -0.1) is 0 Å². The number of hydrogen-bond donors (Lipinski definition) is 1. The molecule has 2 unspecified atom stereocenters. The maximum Gasteiger partial charge on any atom is 0.307 e. The Labute approximate surface area is 120 Å². The minimum Gasteiger partial charge on any atom is -0.481 e. The number of piperidine rings is 2. The third-order valence-electron chi connectivity index (χ3n) is 4.37. The van der Waals surface area contributed by atoms with E-state index in [1.54, 1.807) is 0 Å². The zero-order valence-corrected chi connectivity index (χ0v) is 13.0. The summed E-state index contributed by atoms with van der Waals surface area (Å²) >= 11 is 0. The van der Waals surface area contributed by atoms with Crippen LogP contribution in [0.5, 0.6) is 0 Å². The van der Waals surface area contributed by atoms with Crippen molar-refractivity contribution in [1.29, 1.82) is 0 Å². The van der Waals surface area contributed by atoms with Gasteiger partial charge in [0.1, 0.15) is 0 Å². The normalized spacial score (nSPS) is 31.3. The van der Waals surface area contributed by atoms with Crippen molar-refractivity contribution in [2.45, 2.75) is 33.1 Å². The van der Waals surface area contributed by atoms with Gasteiger partial charge in [-0.3, -0.25) is 4.79 Å². The van der Waals surface area contributed by atoms with E-state index < -0.39 is 22.1 Å². The number of carboxylic acids is 1. The van der Waals surface area contributed by atoms with Crippen molar-refractivity contribution in [2.24, 2.45) is 17.8 Å². The molecule has 20 heavy (non-hydrogen) atoms. The standard InChI is InChI=1S/C13H24N2O4S/c1-10-3-5-14(6-4-10)20(18,19)15-8-11(2)7-12(9-15)13(16)17/h10-12H,3-9H2,1-2H3,(H,16,17). The van der Waals surface area contributed by atoms with E-state index in [1.165, 1.54) is 8.61 Å². The van der Waals surface area contributed by atoms with Crippen LogP contribution in [-0.4, -0.2) is 54.3 Å². The molecule has 2 atom stereocenters. The summed E-state index contributed by atoms with van der Waals surface area (Å²) in [5.74, 6) is -0.835. The fourth-order valence-electron chi connectivity index (χ4n) is 3.05. The van der Waals surface area contributed by atoms with Crippen molar-refractivity contribution in [1.82, 2.24) is 8.61 Å². The fourth-order valence-corrected chi connectivity index (χ4v) is 4.86. The zero-order valence-electron chi connectivity index (χ0n) is 12.2. The molecule has 2 aliphatic rings. The van der Waals surface area contributed by atoms with E-state index in [2.05, 4.69) is 6.92 Å². The van der Waals surface area contributed by atoms with Gasteiger partial charge in [-0.2, -0.15) is 17.0 Å². The second-order valence-electron chi connectivity index (χ2n) is 6.28. The van der Waals surface area contributed by atoms with Crippen molar-refractivity contribution in [3.63, 3.8) is 0 Å². The molecule has 2 aliphatic heterocycles. The third kappa shape index (κ3) is 3.32. The topological polar surface area (TPSA) is 77.9 Å². The van der Waals surface area contributed by atoms with Gasteiger partial charge in [0.15, 0.2) is 0 Å². The lowest BCUT2D eigenvalue weighted by atomic mass is 9.92. The van der Waals surface area contributed by atoms with Crippen LogP contribution in [0.15, 0.2) is 0 Å². The average molecular weight is 304 g/mol. The average Bonchev–Trinajstić information content (AvgIpc) is 2.38. The lowest BCUT2D eigenvalue weighted by Crippen LogP contribution is -2.52. The van der Waals surface area contributed by atoms with Crippen LogP contribution in [0, 0.1) is 17.8 Å². The van der Waals surface area contributed by atoms with Gasteiger partial charge in [0.25, 0.3) is 10.2 Å². The smallest absolute Gasteiger partial charge is 0.307 e. The van der Waals surface area contributed by atoms with E-state index in [0.29, 0.717) is 32.0 Å². The van der Waals surface area contributed by atoms with E-state index in [0.717, 1.165) is 12.8 Å². The Morgan fingerprint density at radius 1 is 1.05 bits per heavy atom. The van der Waals surface area contributed by atoms with E-state index in [9.17, 15) is 13.2 Å². The highest BCUT2D eigenvalue weighted by atomic mass is 32.2. The SMILES string of the molecule is CC1CCN(S(=O)(=O)N2CC(C)CC(C(=O)O)C2)CC1. The Morgan fingerprint density at radius 2 is 1.65 bits per heavy atom. The Kier molecular flexibility index (Phi) is 4.71. The zero-order chi connectivity index (χ0) is 14.9. The lowest BCUT2D eigenvalue weighted by molar-refractivity contribution is -0.143. The van der Waals surface area contributed by atoms with Crippen LogP contribution in [0.3, 0.4) is 0 Å². The molecule has 0 bridgehead atoms. The molecule has 0 aromatic rings. The summed E-state index contributed by atoms with van der Waals surface area (Å²) in [6.07, 6.45) is 2.31. The van der Waals surface area contributed by atoms with Crippen LogP contribution >= 0.6 is 0 Å². The molecule has 2 heterocycles. The highest BCUT2D eigenvalue weighted by molar-refractivity contribution is 7.86. The largest absolute Gasteiger partial charge is 0.481 e. The molecule has 7 heteroatoms. The summed E-state index contributed by atoms with van der Waals surface area (Å²) in [5, 5.41) is 9.15. The van der Waals surface area contributed by atoms with Crippen LogP contribution < -0.4 is 0 Å². The van der Waals surface area contributed by atoms with Crippen molar-refractivity contribution in [3.8, 4) is 0 Å². The summed E-state index contributed by atoms with van der Waals surface area (Å²) in [4.78, 5) is 11.2. The summed E-state index contributed by atoms with van der Waals surface area (Å²) in [6.45, 7) is 5.67. The molecule has 0 aromatic heterocycles. The molecule has 0 aliphatic carbocycles. The van der Waals surface area contributed by atoms with Gasteiger partial charge in [-0.05, 0) is 31.1 Å². The van der Waals surface area contributed by atoms with E-state index in [4.69, 9.17) is 5.11 Å². The minimum absolute atomic E-state index is 0.0864. The van der Waals surface area contributed by atoms with Gasteiger partial charge in [-0.25, -0.2) is 0 Å². The molecule has 0 aromatic carbocycles. The number of rotatable bonds is 3.